The Morgan fingerprint density at radius 3 is 2.72 bits per heavy atom. The third kappa shape index (κ3) is 2.66. The first-order valence-electron chi connectivity index (χ1n) is 5.66. The highest BCUT2D eigenvalue weighted by Crippen LogP contribution is 2.29. The van der Waals surface area contributed by atoms with E-state index in [1.807, 2.05) is 13.0 Å². The molecule has 0 aromatic heterocycles. The highest BCUT2D eigenvalue weighted by molar-refractivity contribution is 5.77. The average molecular weight is 245 g/mol. The van der Waals surface area contributed by atoms with Gasteiger partial charge in [0.05, 0.1) is 27.8 Å². The molecule has 0 aliphatic heterocycles. The minimum atomic E-state index is -0.476. The summed E-state index contributed by atoms with van der Waals surface area (Å²) in [5.41, 5.74) is 7.53. The van der Waals surface area contributed by atoms with Gasteiger partial charge in [0.1, 0.15) is 0 Å². The van der Waals surface area contributed by atoms with Crippen molar-refractivity contribution >= 4 is 11.4 Å². The minimum Gasteiger partial charge on any atom is -0.397 e. The van der Waals surface area contributed by atoms with E-state index in [0.29, 0.717) is 23.1 Å². The maximum atomic E-state index is 11.0. The van der Waals surface area contributed by atoms with Gasteiger partial charge in [-0.15, -0.1) is 0 Å². The summed E-state index contributed by atoms with van der Waals surface area (Å²) in [6.45, 7) is 3.67. The fraction of sp³-hybridized carbons (Fsp3) is 0.308. The topological polar surface area (TPSA) is 93.0 Å². The third-order valence-electron chi connectivity index (χ3n) is 2.68. The highest BCUT2D eigenvalue weighted by Gasteiger charge is 2.19. The van der Waals surface area contributed by atoms with Crippen molar-refractivity contribution in [3.63, 3.8) is 0 Å². The van der Waals surface area contributed by atoms with Crippen LogP contribution in [0.3, 0.4) is 0 Å². The third-order valence-corrected chi connectivity index (χ3v) is 2.68. The lowest BCUT2D eigenvalue weighted by Crippen LogP contribution is -2.06. The normalized spacial score (nSPS) is 11.6. The molecule has 2 N–H and O–H groups in total. The standard InChI is InChI=1S/C13H15N3O2/c1-3-5-10(8-14)13(15)12-9(2)6-4-7-11(12)16(17)18/h4,6-7H,3,5,15H2,1-2H3/b13-10-. The number of nitro benzene ring substituents is 1. The summed E-state index contributed by atoms with van der Waals surface area (Å²) in [5.74, 6) is 0. The molecule has 1 aromatic carbocycles. The Bertz CT molecular complexity index is 542. The van der Waals surface area contributed by atoms with Crippen LogP contribution in [-0.4, -0.2) is 4.92 Å². The molecule has 0 saturated heterocycles. The first-order valence-corrected chi connectivity index (χ1v) is 5.66. The monoisotopic (exact) mass is 245 g/mol. The number of allylic oxidation sites excluding steroid dienone is 1. The Kier molecular flexibility index (Phi) is 4.44. The molecule has 0 spiro atoms. The second-order valence-electron chi connectivity index (χ2n) is 3.98. The Morgan fingerprint density at radius 2 is 2.22 bits per heavy atom. The highest BCUT2D eigenvalue weighted by atomic mass is 16.6. The lowest BCUT2D eigenvalue weighted by molar-refractivity contribution is -0.385. The molecule has 0 saturated carbocycles. The fourth-order valence-corrected chi connectivity index (χ4v) is 1.81. The molecule has 0 aliphatic rings. The van der Waals surface area contributed by atoms with E-state index in [-0.39, 0.29) is 11.4 Å². The number of hydrogen-bond donors (Lipinski definition) is 1. The van der Waals surface area contributed by atoms with E-state index in [1.165, 1.54) is 6.07 Å². The van der Waals surface area contributed by atoms with Gasteiger partial charge in [-0.3, -0.25) is 10.1 Å². The summed E-state index contributed by atoms with van der Waals surface area (Å²) in [6.07, 6.45) is 1.29. The molecule has 0 atom stereocenters. The largest absolute Gasteiger partial charge is 0.397 e. The fourth-order valence-electron chi connectivity index (χ4n) is 1.81. The maximum absolute atomic E-state index is 11.0. The zero-order chi connectivity index (χ0) is 13.7. The second kappa shape index (κ2) is 5.82. The van der Waals surface area contributed by atoms with Gasteiger partial charge in [0.15, 0.2) is 0 Å². The Morgan fingerprint density at radius 1 is 1.56 bits per heavy atom. The number of nitro groups is 1. The lowest BCUT2D eigenvalue weighted by Gasteiger charge is -2.09. The molecule has 5 heteroatoms. The van der Waals surface area contributed by atoms with Gasteiger partial charge >= 0.3 is 0 Å². The molecular weight excluding hydrogens is 230 g/mol. The van der Waals surface area contributed by atoms with Crippen molar-refractivity contribution < 1.29 is 4.92 Å². The van der Waals surface area contributed by atoms with E-state index in [2.05, 4.69) is 0 Å². The van der Waals surface area contributed by atoms with Crippen LogP contribution in [0.1, 0.15) is 30.9 Å². The number of nitrogens with zero attached hydrogens (tertiary/aromatic N) is 2. The van der Waals surface area contributed by atoms with Crippen LogP contribution in [0.2, 0.25) is 0 Å². The van der Waals surface area contributed by atoms with Gasteiger partial charge in [0.2, 0.25) is 0 Å². The van der Waals surface area contributed by atoms with Crippen molar-refractivity contribution in [2.75, 3.05) is 0 Å². The predicted molar refractivity (Wildman–Crippen MR) is 69.5 cm³/mol. The molecule has 0 unspecified atom stereocenters. The molecule has 18 heavy (non-hydrogen) atoms. The van der Waals surface area contributed by atoms with Crippen LogP contribution in [0.15, 0.2) is 23.8 Å². The van der Waals surface area contributed by atoms with Gasteiger partial charge in [-0.25, -0.2) is 0 Å². The van der Waals surface area contributed by atoms with E-state index in [4.69, 9.17) is 11.0 Å². The number of benzene rings is 1. The molecule has 0 fully saturated rings. The van der Waals surface area contributed by atoms with Crippen LogP contribution in [0.25, 0.3) is 5.70 Å². The molecule has 0 radical (unpaired) electrons. The molecule has 1 rings (SSSR count). The number of nitrogens with two attached hydrogens (primary N) is 1. The van der Waals surface area contributed by atoms with Crippen LogP contribution < -0.4 is 5.73 Å². The Balaban J connectivity index is 3.50. The van der Waals surface area contributed by atoms with Crippen molar-refractivity contribution in [3.8, 4) is 6.07 Å². The molecule has 0 heterocycles. The number of rotatable bonds is 4. The van der Waals surface area contributed by atoms with Crippen LogP contribution in [0.4, 0.5) is 5.69 Å². The Hall–Kier alpha value is -2.35. The smallest absolute Gasteiger partial charge is 0.278 e. The summed E-state index contributed by atoms with van der Waals surface area (Å²) < 4.78 is 0. The minimum absolute atomic E-state index is 0.0589. The molecule has 0 bridgehead atoms. The van der Waals surface area contributed by atoms with Gasteiger partial charge in [-0.1, -0.05) is 25.5 Å². The van der Waals surface area contributed by atoms with Crippen molar-refractivity contribution in [1.29, 1.82) is 5.26 Å². The van der Waals surface area contributed by atoms with Crippen molar-refractivity contribution in [2.45, 2.75) is 26.7 Å². The molecule has 1 aromatic rings. The second-order valence-corrected chi connectivity index (χ2v) is 3.98. The number of hydrogen-bond acceptors (Lipinski definition) is 4. The van der Waals surface area contributed by atoms with Crippen LogP contribution in [-0.2, 0) is 0 Å². The van der Waals surface area contributed by atoms with Gasteiger partial charge in [-0.05, 0) is 18.9 Å². The van der Waals surface area contributed by atoms with E-state index < -0.39 is 4.92 Å². The van der Waals surface area contributed by atoms with Gasteiger partial charge < -0.3 is 5.73 Å². The molecule has 5 nitrogen and oxygen atoms in total. The summed E-state index contributed by atoms with van der Waals surface area (Å²) in [7, 11) is 0. The molecule has 94 valence electrons. The van der Waals surface area contributed by atoms with Gasteiger partial charge in [0, 0.05) is 6.07 Å². The summed E-state index contributed by atoms with van der Waals surface area (Å²) in [4.78, 5) is 10.5. The summed E-state index contributed by atoms with van der Waals surface area (Å²) in [5, 5.41) is 20.0. The van der Waals surface area contributed by atoms with Crippen LogP contribution in [0, 0.1) is 28.4 Å². The number of nitriles is 1. The van der Waals surface area contributed by atoms with Crippen molar-refractivity contribution in [3.05, 3.63) is 45.0 Å². The van der Waals surface area contributed by atoms with E-state index >= 15 is 0 Å². The van der Waals surface area contributed by atoms with E-state index in [9.17, 15) is 10.1 Å². The number of aryl methyl sites for hydroxylation is 1. The van der Waals surface area contributed by atoms with Crippen LogP contribution >= 0.6 is 0 Å². The zero-order valence-corrected chi connectivity index (χ0v) is 10.4. The first-order chi connectivity index (χ1) is 8.52. The summed E-state index contributed by atoms with van der Waals surface area (Å²) >= 11 is 0. The SMILES string of the molecule is CCC/C(C#N)=C(/N)c1c(C)cccc1[N+](=O)[O-]. The van der Waals surface area contributed by atoms with Gasteiger partial charge in [-0.2, -0.15) is 5.26 Å². The van der Waals surface area contributed by atoms with Gasteiger partial charge in [0.25, 0.3) is 5.69 Å². The quantitative estimate of drug-likeness (QED) is 0.501. The Labute approximate surface area is 106 Å². The predicted octanol–water partition coefficient (Wildman–Crippen LogP) is 2.90. The first kappa shape index (κ1) is 13.7. The average Bonchev–Trinajstić information content (AvgIpc) is 2.34. The summed E-state index contributed by atoms with van der Waals surface area (Å²) in [6, 6.07) is 6.78. The van der Waals surface area contributed by atoms with Crippen molar-refractivity contribution in [2.24, 2.45) is 5.73 Å². The molecule has 0 aliphatic carbocycles. The lowest BCUT2D eigenvalue weighted by atomic mass is 9.98. The molecule has 0 amide bonds. The zero-order valence-electron chi connectivity index (χ0n) is 10.4. The molecular formula is C13H15N3O2. The van der Waals surface area contributed by atoms with Crippen molar-refractivity contribution in [1.82, 2.24) is 0 Å². The maximum Gasteiger partial charge on any atom is 0.278 e. The van der Waals surface area contributed by atoms with Crippen LogP contribution in [0.5, 0.6) is 0 Å². The van der Waals surface area contributed by atoms with E-state index in [0.717, 1.165) is 6.42 Å². The van der Waals surface area contributed by atoms with E-state index in [1.54, 1.807) is 19.1 Å².